The molecule has 5 nitrogen and oxygen atoms in total. The highest BCUT2D eigenvalue weighted by atomic mass is 127. The van der Waals surface area contributed by atoms with Gasteiger partial charge >= 0.3 is 0 Å². The lowest BCUT2D eigenvalue weighted by Crippen LogP contribution is -2.13. The van der Waals surface area contributed by atoms with Crippen molar-refractivity contribution in [3.63, 3.8) is 0 Å². The summed E-state index contributed by atoms with van der Waals surface area (Å²) in [7, 11) is 1.64. The van der Waals surface area contributed by atoms with E-state index >= 15 is 0 Å². The van der Waals surface area contributed by atoms with Crippen molar-refractivity contribution < 1.29 is 4.74 Å². The van der Waals surface area contributed by atoms with Crippen molar-refractivity contribution in [3.8, 4) is 17.1 Å². The average Bonchev–Trinajstić information content (AvgIpc) is 3.05. The van der Waals surface area contributed by atoms with E-state index in [1.165, 1.54) is 3.57 Å². The molecule has 0 aliphatic rings. The van der Waals surface area contributed by atoms with E-state index in [0.717, 1.165) is 16.9 Å². The molecule has 1 unspecified atom stereocenters. The molecule has 0 bridgehead atoms. The second kappa shape index (κ2) is 6.45. The van der Waals surface area contributed by atoms with E-state index < -0.39 is 0 Å². The summed E-state index contributed by atoms with van der Waals surface area (Å²) in [6.45, 7) is 0. The molecule has 0 amide bonds. The van der Waals surface area contributed by atoms with Gasteiger partial charge in [-0.2, -0.15) is 5.10 Å². The van der Waals surface area contributed by atoms with Gasteiger partial charge in [0.15, 0.2) is 5.82 Å². The van der Waals surface area contributed by atoms with Crippen molar-refractivity contribution in [2.24, 2.45) is 5.73 Å². The fraction of sp³-hybridized carbons (Fsp3) is 0.125. The van der Waals surface area contributed by atoms with Crippen molar-refractivity contribution in [1.29, 1.82) is 0 Å². The van der Waals surface area contributed by atoms with Crippen LogP contribution in [0, 0.1) is 3.57 Å². The molecule has 0 saturated carbocycles. The molecular weight excluding hydrogens is 391 g/mol. The topological polar surface area (TPSA) is 76.8 Å². The van der Waals surface area contributed by atoms with Gasteiger partial charge in [-0.05, 0) is 52.4 Å². The Balaban J connectivity index is 1.84. The molecule has 112 valence electrons. The Kier molecular flexibility index (Phi) is 4.39. The maximum atomic E-state index is 6.25. The molecule has 1 aromatic heterocycles. The molecule has 6 heteroatoms. The van der Waals surface area contributed by atoms with Crippen molar-refractivity contribution in [1.82, 2.24) is 15.2 Å². The number of nitrogens with one attached hydrogen (secondary N) is 1. The highest BCUT2D eigenvalue weighted by Crippen LogP contribution is 2.22. The van der Waals surface area contributed by atoms with Crippen LogP contribution in [0.25, 0.3) is 11.4 Å². The van der Waals surface area contributed by atoms with E-state index in [4.69, 9.17) is 10.5 Å². The van der Waals surface area contributed by atoms with Gasteiger partial charge in [0.05, 0.1) is 13.2 Å². The number of aromatic amines is 1. The van der Waals surface area contributed by atoms with E-state index in [1.54, 1.807) is 7.11 Å². The summed E-state index contributed by atoms with van der Waals surface area (Å²) < 4.78 is 6.32. The number of benzene rings is 2. The number of nitrogens with zero attached hydrogens (tertiary/aromatic N) is 2. The standard InChI is InChI=1S/C16H15IN4O/c1-22-13-8-4-10(5-9-13)14(18)16-19-15(20-21-16)11-2-6-12(17)7-3-11/h2-9,14H,18H2,1H3,(H,19,20,21). The second-order valence-corrected chi connectivity index (χ2v) is 6.05. The SMILES string of the molecule is COc1ccc(C(N)c2nc(-c3ccc(I)cc3)n[nH]2)cc1. The Morgan fingerprint density at radius 2 is 1.77 bits per heavy atom. The molecule has 2 aromatic carbocycles. The third-order valence-electron chi connectivity index (χ3n) is 3.37. The number of halogens is 1. The smallest absolute Gasteiger partial charge is 0.181 e. The van der Waals surface area contributed by atoms with Crippen LogP contribution >= 0.6 is 22.6 Å². The van der Waals surface area contributed by atoms with Gasteiger partial charge < -0.3 is 10.5 Å². The molecule has 0 fully saturated rings. The van der Waals surface area contributed by atoms with Gasteiger partial charge in [0.25, 0.3) is 0 Å². The maximum absolute atomic E-state index is 6.25. The van der Waals surface area contributed by atoms with E-state index in [1.807, 2.05) is 48.5 Å². The van der Waals surface area contributed by atoms with Crippen LogP contribution in [0.1, 0.15) is 17.4 Å². The largest absolute Gasteiger partial charge is 0.497 e. The first-order valence-corrected chi connectivity index (χ1v) is 7.83. The minimum absolute atomic E-state index is 0.351. The Morgan fingerprint density at radius 3 is 2.41 bits per heavy atom. The molecule has 1 atom stereocenters. The molecule has 0 aliphatic carbocycles. The quantitative estimate of drug-likeness (QED) is 0.653. The molecule has 0 spiro atoms. The minimum atomic E-state index is -0.351. The average molecular weight is 406 g/mol. The van der Waals surface area contributed by atoms with Gasteiger partial charge in [0.2, 0.25) is 0 Å². The summed E-state index contributed by atoms with van der Waals surface area (Å²) in [6.07, 6.45) is 0. The fourth-order valence-corrected chi connectivity index (χ4v) is 2.47. The van der Waals surface area contributed by atoms with Gasteiger partial charge in [-0.3, -0.25) is 5.10 Å². The first-order chi connectivity index (χ1) is 10.7. The second-order valence-electron chi connectivity index (χ2n) is 4.80. The molecule has 0 saturated heterocycles. The molecular formula is C16H15IN4O. The number of hydrogen-bond acceptors (Lipinski definition) is 4. The van der Waals surface area contributed by atoms with Crippen LogP contribution in [0.2, 0.25) is 0 Å². The molecule has 3 N–H and O–H groups in total. The normalized spacial score (nSPS) is 12.1. The molecule has 3 aromatic rings. The first-order valence-electron chi connectivity index (χ1n) is 6.75. The van der Waals surface area contributed by atoms with E-state index in [0.29, 0.717) is 11.6 Å². The molecule has 3 rings (SSSR count). The lowest BCUT2D eigenvalue weighted by molar-refractivity contribution is 0.414. The number of ether oxygens (including phenoxy) is 1. The van der Waals surface area contributed by atoms with Crippen molar-refractivity contribution in [3.05, 3.63) is 63.5 Å². The predicted octanol–water partition coefficient (Wildman–Crippen LogP) is 3.13. The van der Waals surface area contributed by atoms with Crippen LogP contribution in [-0.2, 0) is 0 Å². The summed E-state index contributed by atoms with van der Waals surface area (Å²) in [5.41, 5.74) is 8.16. The summed E-state index contributed by atoms with van der Waals surface area (Å²) in [6, 6.07) is 15.3. The van der Waals surface area contributed by atoms with E-state index in [-0.39, 0.29) is 6.04 Å². The highest BCUT2D eigenvalue weighted by Gasteiger charge is 2.14. The summed E-state index contributed by atoms with van der Waals surface area (Å²) in [5, 5.41) is 7.18. The number of H-pyrrole nitrogens is 1. The van der Waals surface area contributed by atoms with Gasteiger partial charge in [0, 0.05) is 9.13 Å². The lowest BCUT2D eigenvalue weighted by Gasteiger charge is -2.09. The molecule has 22 heavy (non-hydrogen) atoms. The van der Waals surface area contributed by atoms with E-state index in [2.05, 4.69) is 37.8 Å². The highest BCUT2D eigenvalue weighted by molar-refractivity contribution is 14.1. The van der Waals surface area contributed by atoms with Crippen molar-refractivity contribution in [2.45, 2.75) is 6.04 Å². The van der Waals surface area contributed by atoms with E-state index in [9.17, 15) is 0 Å². The Labute approximate surface area is 142 Å². The third-order valence-corrected chi connectivity index (χ3v) is 4.09. The van der Waals surface area contributed by atoms with Gasteiger partial charge in [-0.1, -0.05) is 24.3 Å². The molecule has 1 heterocycles. The van der Waals surface area contributed by atoms with Crippen molar-refractivity contribution in [2.75, 3.05) is 7.11 Å². The van der Waals surface area contributed by atoms with Crippen LogP contribution in [0.5, 0.6) is 5.75 Å². The van der Waals surface area contributed by atoms with Crippen LogP contribution in [-0.4, -0.2) is 22.3 Å². The van der Waals surface area contributed by atoms with Crippen LogP contribution < -0.4 is 10.5 Å². The first kappa shape index (κ1) is 15.0. The Morgan fingerprint density at radius 1 is 1.09 bits per heavy atom. The predicted molar refractivity (Wildman–Crippen MR) is 93.6 cm³/mol. The number of aromatic nitrogens is 3. The van der Waals surface area contributed by atoms with Crippen LogP contribution in [0.15, 0.2) is 48.5 Å². The minimum Gasteiger partial charge on any atom is -0.497 e. The van der Waals surface area contributed by atoms with Crippen LogP contribution in [0.4, 0.5) is 0 Å². The van der Waals surface area contributed by atoms with Gasteiger partial charge in [-0.15, -0.1) is 0 Å². The number of hydrogen-bond donors (Lipinski definition) is 2. The lowest BCUT2D eigenvalue weighted by atomic mass is 10.1. The van der Waals surface area contributed by atoms with Crippen LogP contribution in [0.3, 0.4) is 0 Å². The number of rotatable bonds is 4. The number of nitrogens with two attached hydrogens (primary N) is 1. The van der Waals surface area contributed by atoms with Gasteiger partial charge in [0.1, 0.15) is 11.6 Å². The fourth-order valence-electron chi connectivity index (χ4n) is 2.11. The Bertz CT molecular complexity index is 753. The maximum Gasteiger partial charge on any atom is 0.181 e. The summed E-state index contributed by atoms with van der Waals surface area (Å²) in [4.78, 5) is 4.50. The summed E-state index contributed by atoms with van der Waals surface area (Å²) in [5.74, 6) is 2.09. The molecule has 0 aliphatic heterocycles. The summed E-state index contributed by atoms with van der Waals surface area (Å²) >= 11 is 2.27. The zero-order chi connectivity index (χ0) is 15.5. The zero-order valence-electron chi connectivity index (χ0n) is 12.0. The van der Waals surface area contributed by atoms with Gasteiger partial charge in [-0.25, -0.2) is 4.98 Å². The number of methoxy groups -OCH3 is 1. The third kappa shape index (κ3) is 3.12. The van der Waals surface area contributed by atoms with Crippen molar-refractivity contribution >= 4 is 22.6 Å². The molecule has 0 radical (unpaired) electrons. The Hall–Kier alpha value is -1.93. The zero-order valence-corrected chi connectivity index (χ0v) is 14.1. The monoisotopic (exact) mass is 406 g/mol.